The van der Waals surface area contributed by atoms with Gasteiger partial charge >= 0.3 is 0 Å². The Morgan fingerprint density at radius 1 is 1.34 bits per heavy atom. The maximum Gasteiger partial charge on any atom is 0.228 e. The van der Waals surface area contributed by atoms with Gasteiger partial charge in [0.1, 0.15) is 0 Å². The Kier molecular flexibility index (Phi) is 10.0. The van der Waals surface area contributed by atoms with E-state index in [0.29, 0.717) is 23.0 Å². The minimum Gasteiger partial charge on any atom is -0.308 e. The van der Waals surface area contributed by atoms with Crippen LogP contribution in [0, 0.1) is 23.7 Å². The lowest BCUT2D eigenvalue weighted by Gasteiger charge is -2.30. The first-order chi connectivity index (χ1) is 17.0. The zero-order valence-corrected chi connectivity index (χ0v) is 23.5. The predicted molar refractivity (Wildman–Crippen MR) is 157 cm³/mol. The molecule has 4 aliphatic rings. The SMILES string of the molecule is CCC1CC=C(C2SCC#CC2C)SC1=NC1=NC(NCCN(C)C)N=C(SC2=CC=CCC2)N1. The lowest BCUT2D eigenvalue weighted by atomic mass is 10.0. The second kappa shape index (κ2) is 13.2. The van der Waals surface area contributed by atoms with E-state index in [2.05, 4.69) is 79.6 Å². The molecule has 0 amide bonds. The number of likely N-dealkylation sites (N-methyl/N-ethyl adjacent to an activating group) is 1. The molecule has 0 bridgehead atoms. The summed E-state index contributed by atoms with van der Waals surface area (Å²) in [6, 6.07) is 0. The smallest absolute Gasteiger partial charge is 0.228 e. The van der Waals surface area contributed by atoms with Gasteiger partial charge in [-0.15, -0.1) is 11.8 Å². The third-order valence-electron chi connectivity index (χ3n) is 6.08. The molecule has 2 N–H and O–H groups in total. The number of amidine groups is 1. The monoisotopic (exact) mass is 528 g/mol. The van der Waals surface area contributed by atoms with E-state index in [4.69, 9.17) is 15.0 Å². The van der Waals surface area contributed by atoms with Crippen LogP contribution in [0.3, 0.4) is 0 Å². The zero-order valence-electron chi connectivity index (χ0n) is 21.1. The van der Waals surface area contributed by atoms with Gasteiger partial charge in [-0.1, -0.05) is 66.6 Å². The average molecular weight is 529 g/mol. The zero-order chi connectivity index (χ0) is 24.6. The molecule has 0 aromatic carbocycles. The molecule has 4 atom stereocenters. The van der Waals surface area contributed by atoms with Crippen molar-refractivity contribution in [1.29, 1.82) is 0 Å². The van der Waals surface area contributed by atoms with Crippen LogP contribution in [0.2, 0.25) is 0 Å². The highest BCUT2D eigenvalue weighted by molar-refractivity contribution is 8.18. The van der Waals surface area contributed by atoms with Crippen LogP contribution in [0.5, 0.6) is 0 Å². The van der Waals surface area contributed by atoms with Crippen molar-refractivity contribution in [2.24, 2.45) is 26.8 Å². The fourth-order valence-corrected chi connectivity index (χ4v) is 7.57. The Bertz CT molecular complexity index is 1010. The van der Waals surface area contributed by atoms with Crippen LogP contribution in [0.4, 0.5) is 0 Å². The van der Waals surface area contributed by atoms with E-state index >= 15 is 0 Å². The summed E-state index contributed by atoms with van der Waals surface area (Å²) in [6.45, 7) is 6.23. The number of nitrogens with zero attached hydrogens (tertiary/aromatic N) is 4. The van der Waals surface area contributed by atoms with Gasteiger partial charge in [0.05, 0.1) is 16.0 Å². The average Bonchev–Trinajstić information content (AvgIpc) is 2.85. The standard InChI is InChI=1S/C26H36N6S3/c1-5-19-13-14-21(22-18(2)10-9-17-33-22)35-23(19)28-25-29-24(27-15-16-32(3)4)30-26(31-25)34-20-11-7-6-8-12-20/h6-7,11,14,18-19,22,24,27H,5,8,12-13,15-17H2,1-4H3,(H,29,30,31). The minimum absolute atomic E-state index is 0.328. The maximum absolute atomic E-state index is 5.11. The molecule has 35 heavy (non-hydrogen) atoms. The van der Waals surface area contributed by atoms with E-state index < -0.39 is 0 Å². The second-order valence-electron chi connectivity index (χ2n) is 9.19. The summed E-state index contributed by atoms with van der Waals surface area (Å²) >= 11 is 5.48. The van der Waals surface area contributed by atoms with E-state index in [1.807, 2.05) is 23.5 Å². The van der Waals surface area contributed by atoms with Crippen molar-refractivity contribution in [2.45, 2.75) is 51.1 Å². The van der Waals surface area contributed by atoms with Gasteiger partial charge < -0.3 is 10.2 Å². The Balaban J connectivity index is 1.52. The van der Waals surface area contributed by atoms with Crippen LogP contribution >= 0.6 is 35.3 Å². The van der Waals surface area contributed by atoms with Crippen LogP contribution in [0.15, 0.2) is 49.1 Å². The van der Waals surface area contributed by atoms with Crippen molar-refractivity contribution in [2.75, 3.05) is 32.9 Å². The summed E-state index contributed by atoms with van der Waals surface area (Å²) in [5, 5.41) is 9.34. The van der Waals surface area contributed by atoms with Crippen molar-refractivity contribution < 1.29 is 0 Å². The van der Waals surface area contributed by atoms with Crippen molar-refractivity contribution in [3.63, 3.8) is 0 Å². The van der Waals surface area contributed by atoms with Gasteiger partial charge in [-0.25, -0.2) is 15.0 Å². The van der Waals surface area contributed by atoms with E-state index in [-0.39, 0.29) is 6.29 Å². The Hall–Kier alpha value is -1.44. The van der Waals surface area contributed by atoms with Gasteiger partial charge in [0, 0.05) is 29.8 Å². The van der Waals surface area contributed by atoms with Crippen LogP contribution in [0.25, 0.3) is 0 Å². The maximum atomic E-state index is 5.11. The molecule has 0 aromatic rings. The molecule has 0 saturated carbocycles. The second-order valence-corrected chi connectivity index (χ2v) is 12.5. The van der Waals surface area contributed by atoms with Crippen LogP contribution in [-0.2, 0) is 0 Å². The lowest BCUT2D eigenvalue weighted by molar-refractivity contribution is 0.386. The van der Waals surface area contributed by atoms with Crippen molar-refractivity contribution in [1.82, 2.24) is 15.5 Å². The van der Waals surface area contributed by atoms with Crippen LogP contribution in [-0.4, -0.2) is 65.5 Å². The van der Waals surface area contributed by atoms with E-state index in [1.54, 1.807) is 11.8 Å². The molecule has 0 saturated heterocycles. The number of aliphatic imine (C=N–C) groups is 3. The highest BCUT2D eigenvalue weighted by Gasteiger charge is 2.30. The normalized spacial score (nSPS) is 29.6. The fraction of sp³-hybridized carbons (Fsp3) is 0.577. The number of allylic oxidation sites excluding steroid dienone is 5. The summed E-state index contributed by atoms with van der Waals surface area (Å²) in [5.41, 5.74) is 0. The number of rotatable bonds is 7. The summed E-state index contributed by atoms with van der Waals surface area (Å²) in [5.74, 6) is 8.99. The molecule has 0 radical (unpaired) electrons. The number of thioether (sulfide) groups is 3. The molecule has 3 aliphatic heterocycles. The Labute approximate surface area is 223 Å². The minimum atomic E-state index is -0.328. The number of hydrogen-bond acceptors (Lipinski definition) is 9. The summed E-state index contributed by atoms with van der Waals surface area (Å²) in [7, 11) is 4.15. The Morgan fingerprint density at radius 2 is 2.23 bits per heavy atom. The summed E-state index contributed by atoms with van der Waals surface area (Å²) in [6.07, 6.45) is 12.8. The summed E-state index contributed by atoms with van der Waals surface area (Å²) < 4.78 is 0. The molecule has 6 nitrogen and oxygen atoms in total. The third-order valence-corrected chi connectivity index (χ3v) is 9.85. The van der Waals surface area contributed by atoms with Crippen LogP contribution in [0.1, 0.15) is 39.5 Å². The number of guanidine groups is 1. The third kappa shape index (κ3) is 7.77. The topological polar surface area (TPSA) is 64.4 Å². The van der Waals surface area contributed by atoms with Crippen molar-refractivity contribution >= 4 is 51.5 Å². The van der Waals surface area contributed by atoms with E-state index in [0.717, 1.165) is 54.7 Å². The molecule has 4 rings (SSSR count). The molecular formula is C26H36N6S3. The fourth-order valence-electron chi connectivity index (χ4n) is 4.04. The molecular weight excluding hydrogens is 493 g/mol. The lowest BCUT2D eigenvalue weighted by Crippen LogP contribution is -2.41. The first kappa shape index (κ1) is 26.6. The molecule has 0 spiro atoms. The van der Waals surface area contributed by atoms with Gasteiger partial charge in [-0.05, 0) is 51.6 Å². The number of hydrogen-bond donors (Lipinski definition) is 2. The first-order valence-corrected chi connectivity index (χ1v) is 15.1. The largest absolute Gasteiger partial charge is 0.308 e. The molecule has 0 fully saturated rings. The van der Waals surface area contributed by atoms with E-state index in [9.17, 15) is 0 Å². The molecule has 3 heterocycles. The Morgan fingerprint density at radius 3 is 2.97 bits per heavy atom. The van der Waals surface area contributed by atoms with Gasteiger partial charge in [0.15, 0.2) is 5.17 Å². The predicted octanol–water partition coefficient (Wildman–Crippen LogP) is 4.90. The van der Waals surface area contributed by atoms with Gasteiger partial charge in [-0.3, -0.25) is 5.32 Å². The summed E-state index contributed by atoms with van der Waals surface area (Å²) in [4.78, 5) is 19.6. The van der Waals surface area contributed by atoms with Crippen molar-refractivity contribution in [3.8, 4) is 11.8 Å². The van der Waals surface area contributed by atoms with E-state index in [1.165, 1.54) is 9.81 Å². The van der Waals surface area contributed by atoms with Gasteiger partial charge in [0.25, 0.3) is 0 Å². The molecule has 1 aliphatic carbocycles. The molecule has 9 heteroatoms. The van der Waals surface area contributed by atoms with Crippen molar-refractivity contribution in [3.05, 3.63) is 34.1 Å². The molecule has 188 valence electrons. The van der Waals surface area contributed by atoms with Crippen LogP contribution < -0.4 is 10.6 Å². The quantitative estimate of drug-likeness (QED) is 0.458. The number of nitrogens with one attached hydrogen (secondary N) is 2. The first-order valence-electron chi connectivity index (χ1n) is 12.4. The van der Waals surface area contributed by atoms with Gasteiger partial charge in [0.2, 0.25) is 12.2 Å². The molecule has 4 unspecified atom stereocenters. The highest BCUT2D eigenvalue weighted by atomic mass is 32.2. The molecule has 0 aromatic heterocycles. The van der Waals surface area contributed by atoms with Gasteiger partial charge in [-0.2, -0.15) is 0 Å². The highest BCUT2D eigenvalue weighted by Crippen LogP contribution is 2.41.